The Labute approximate surface area is 156 Å². The Morgan fingerprint density at radius 3 is 2.72 bits per heavy atom. The molecule has 0 atom stereocenters. The maximum absolute atomic E-state index is 11.0. The molecule has 0 aliphatic rings. The number of aromatic nitrogens is 1. The predicted molar refractivity (Wildman–Crippen MR) is 105 cm³/mol. The lowest BCUT2D eigenvalue weighted by atomic mass is 10.3. The van der Waals surface area contributed by atoms with Gasteiger partial charge in [0, 0.05) is 12.5 Å². The minimum Gasteiger partial charge on any atom is -0.497 e. The van der Waals surface area contributed by atoms with Crippen molar-refractivity contribution in [2.45, 2.75) is 26.3 Å². The Hall–Kier alpha value is -1.13. The summed E-state index contributed by atoms with van der Waals surface area (Å²) in [5, 5.41) is 1.07. The number of thiazole rings is 1. The topological polar surface area (TPSA) is 99.0 Å². The summed E-state index contributed by atoms with van der Waals surface area (Å²) in [4.78, 5) is 1.26. The highest BCUT2D eigenvalue weighted by atomic mass is 32.2. The summed E-state index contributed by atoms with van der Waals surface area (Å²) in [6.07, 6.45) is 5.50. The molecule has 0 aliphatic heterocycles. The van der Waals surface area contributed by atoms with Gasteiger partial charge in [-0.05, 0) is 29.7 Å². The first-order valence-corrected chi connectivity index (χ1v) is 11.2. The van der Waals surface area contributed by atoms with Crippen LogP contribution in [0.3, 0.4) is 0 Å². The molecule has 2 aromatic rings. The lowest BCUT2D eigenvalue weighted by molar-refractivity contribution is -0.668. The molecule has 0 bridgehead atoms. The molecule has 0 unspecified atom stereocenters. The lowest BCUT2D eigenvalue weighted by Crippen LogP contribution is -2.36. The fourth-order valence-corrected chi connectivity index (χ4v) is 4.62. The van der Waals surface area contributed by atoms with Crippen LogP contribution in [-0.2, 0) is 16.7 Å². The van der Waals surface area contributed by atoms with Gasteiger partial charge in [-0.15, -0.1) is 11.8 Å². The summed E-state index contributed by atoms with van der Waals surface area (Å²) >= 11 is 3.38. The van der Waals surface area contributed by atoms with Crippen LogP contribution in [0, 0.1) is 0 Å². The zero-order chi connectivity index (χ0) is 17.7. The SMILES string of the molecule is CC/C(=C\c1sc2ccc(OC)cc2[n+]1CCCS(=O)(=O)O)SC.O. The fraction of sp³-hybridized carbons (Fsp3) is 0.438. The average molecular weight is 407 g/mol. The summed E-state index contributed by atoms with van der Waals surface area (Å²) in [5.41, 5.74) is 1.01. The number of nitrogens with zero attached hydrogens (tertiary/aromatic N) is 1. The predicted octanol–water partition coefficient (Wildman–Crippen LogP) is 2.76. The van der Waals surface area contributed by atoms with Gasteiger partial charge in [-0.25, -0.2) is 0 Å². The van der Waals surface area contributed by atoms with Crippen LogP contribution in [0.4, 0.5) is 0 Å². The Kier molecular flexibility index (Phi) is 8.36. The van der Waals surface area contributed by atoms with Crippen molar-refractivity contribution in [2.24, 2.45) is 0 Å². The Bertz CT molecular complexity index is 837. The van der Waals surface area contributed by atoms with Crippen molar-refractivity contribution in [2.75, 3.05) is 19.1 Å². The minimum absolute atomic E-state index is 0. The van der Waals surface area contributed by atoms with Gasteiger partial charge in [0.25, 0.3) is 15.1 Å². The molecule has 0 fully saturated rings. The van der Waals surface area contributed by atoms with Crippen LogP contribution < -0.4 is 9.30 Å². The first-order chi connectivity index (χ1) is 11.4. The zero-order valence-electron chi connectivity index (χ0n) is 14.5. The van der Waals surface area contributed by atoms with Crippen LogP contribution in [0.25, 0.3) is 16.3 Å². The number of hydrogen-bond acceptors (Lipinski definition) is 5. The molecule has 0 radical (unpaired) electrons. The highest BCUT2D eigenvalue weighted by molar-refractivity contribution is 8.02. The molecule has 140 valence electrons. The van der Waals surface area contributed by atoms with Gasteiger partial charge in [0.1, 0.15) is 10.4 Å². The number of hydrogen-bond donors (Lipinski definition) is 1. The van der Waals surface area contributed by atoms with Gasteiger partial charge in [0.05, 0.1) is 18.9 Å². The van der Waals surface area contributed by atoms with Gasteiger partial charge in [-0.2, -0.15) is 13.0 Å². The summed E-state index contributed by atoms with van der Waals surface area (Å²) in [6, 6.07) is 5.89. The van der Waals surface area contributed by atoms with E-state index in [2.05, 4.69) is 17.6 Å². The van der Waals surface area contributed by atoms with Crippen molar-refractivity contribution in [3.63, 3.8) is 0 Å². The quantitative estimate of drug-likeness (QED) is 0.537. The van der Waals surface area contributed by atoms with E-state index >= 15 is 0 Å². The zero-order valence-corrected chi connectivity index (χ0v) is 16.9. The van der Waals surface area contributed by atoms with Gasteiger partial charge < -0.3 is 10.2 Å². The molecule has 1 heterocycles. The van der Waals surface area contributed by atoms with E-state index in [1.807, 2.05) is 24.5 Å². The smallest absolute Gasteiger partial charge is 0.265 e. The fourth-order valence-electron chi connectivity index (χ4n) is 2.39. The molecule has 0 amide bonds. The van der Waals surface area contributed by atoms with Crippen LogP contribution in [0.1, 0.15) is 24.8 Å². The second-order valence-electron chi connectivity index (χ2n) is 5.23. The summed E-state index contributed by atoms with van der Waals surface area (Å²) in [7, 11) is -2.32. The largest absolute Gasteiger partial charge is 0.497 e. The number of thioether (sulfide) groups is 1. The molecule has 6 nitrogen and oxygen atoms in total. The first kappa shape index (κ1) is 21.9. The molecule has 3 N–H and O–H groups in total. The Morgan fingerprint density at radius 2 is 2.16 bits per heavy atom. The van der Waals surface area contributed by atoms with Crippen LogP contribution in [0.5, 0.6) is 5.75 Å². The van der Waals surface area contributed by atoms with Gasteiger partial charge >= 0.3 is 0 Å². The second-order valence-corrected chi connectivity index (χ2v) is 8.80. The second kappa shape index (κ2) is 9.54. The van der Waals surface area contributed by atoms with Crippen molar-refractivity contribution >= 4 is 49.5 Å². The van der Waals surface area contributed by atoms with E-state index in [4.69, 9.17) is 9.29 Å². The van der Waals surface area contributed by atoms with E-state index in [9.17, 15) is 8.42 Å². The Morgan fingerprint density at radius 1 is 1.44 bits per heavy atom. The van der Waals surface area contributed by atoms with Crippen LogP contribution >= 0.6 is 23.1 Å². The average Bonchev–Trinajstić information content (AvgIpc) is 2.88. The van der Waals surface area contributed by atoms with Crippen LogP contribution in [0.2, 0.25) is 0 Å². The minimum atomic E-state index is -3.94. The van der Waals surface area contributed by atoms with E-state index in [1.54, 1.807) is 30.2 Å². The molecule has 2 rings (SSSR count). The van der Waals surface area contributed by atoms with Gasteiger partial charge in [-0.3, -0.25) is 4.55 Å². The van der Waals surface area contributed by atoms with E-state index in [1.165, 1.54) is 4.91 Å². The number of methoxy groups -OCH3 is 1. The van der Waals surface area contributed by atoms with E-state index < -0.39 is 10.1 Å². The lowest BCUT2D eigenvalue weighted by Gasteiger charge is -2.01. The molecule has 0 saturated heterocycles. The molecule has 1 aromatic heterocycles. The maximum atomic E-state index is 11.0. The molecular formula is C16H24NO5S3+. The summed E-state index contributed by atoms with van der Waals surface area (Å²) < 4.78 is 39.5. The maximum Gasteiger partial charge on any atom is 0.265 e. The number of aryl methyl sites for hydroxylation is 1. The third-order valence-corrected chi connectivity index (χ3v) is 6.46. The summed E-state index contributed by atoms with van der Waals surface area (Å²) in [6.45, 7) is 2.63. The standard InChI is InChI=1S/C16H21NO4S3.H2O/c1-4-13(22-3)11-16-17(8-5-9-24(18,19)20)14-10-12(21-2)6-7-15(14)23-16;/h6-7,10-11H,4-5,8-9H2,1-3H3;1H2/p+1/b13-11+;. The van der Waals surface area contributed by atoms with Gasteiger partial charge in [-0.1, -0.05) is 18.3 Å². The van der Waals surface area contributed by atoms with Crippen molar-refractivity contribution in [1.29, 1.82) is 0 Å². The molecule has 25 heavy (non-hydrogen) atoms. The molecule has 0 saturated carbocycles. The van der Waals surface area contributed by atoms with Gasteiger partial charge in [0.2, 0.25) is 5.52 Å². The third-order valence-electron chi connectivity index (χ3n) is 3.62. The van der Waals surface area contributed by atoms with Gasteiger partial charge in [0.15, 0.2) is 6.54 Å². The van der Waals surface area contributed by atoms with Crippen molar-refractivity contribution in [3.8, 4) is 5.75 Å². The number of rotatable bonds is 8. The highest BCUT2D eigenvalue weighted by Gasteiger charge is 2.21. The number of benzene rings is 1. The number of allylic oxidation sites excluding steroid dienone is 1. The van der Waals surface area contributed by atoms with E-state index in [0.717, 1.165) is 27.4 Å². The van der Waals surface area contributed by atoms with E-state index in [-0.39, 0.29) is 11.2 Å². The first-order valence-electron chi connectivity index (χ1n) is 7.58. The van der Waals surface area contributed by atoms with E-state index in [0.29, 0.717) is 13.0 Å². The highest BCUT2D eigenvalue weighted by Crippen LogP contribution is 2.28. The van der Waals surface area contributed by atoms with Crippen molar-refractivity contribution in [3.05, 3.63) is 28.1 Å². The molecule has 1 aromatic carbocycles. The molecular weight excluding hydrogens is 382 g/mol. The van der Waals surface area contributed by atoms with Crippen molar-refractivity contribution < 1.29 is 27.8 Å². The number of fused-ring (bicyclic) bond motifs is 1. The van der Waals surface area contributed by atoms with Crippen molar-refractivity contribution in [1.82, 2.24) is 0 Å². The molecule has 9 heteroatoms. The summed E-state index contributed by atoms with van der Waals surface area (Å²) in [5.74, 6) is 0.521. The Balaban J connectivity index is 0.00000312. The van der Waals surface area contributed by atoms with Crippen LogP contribution in [-0.4, -0.2) is 37.6 Å². The normalized spacial score (nSPS) is 12.2. The van der Waals surface area contributed by atoms with Crippen LogP contribution in [0.15, 0.2) is 23.1 Å². The molecule has 0 spiro atoms. The third kappa shape index (κ3) is 5.96. The number of ether oxygens (including phenoxy) is 1. The molecule has 0 aliphatic carbocycles. The monoisotopic (exact) mass is 406 g/mol.